The highest BCUT2D eigenvalue weighted by molar-refractivity contribution is 14.0. The molecule has 0 saturated heterocycles. The standard InChI is InChI=1S/C17H29N5O2.HI/c1-6-19-16(20-11-14(24-5)17(2,3)4)21-12-15(23)22-13-8-7-9-18-10-13;/h7-10,14H,6,11-12H2,1-5H3,(H,22,23)(H2,19,20,21);1H. The molecule has 1 unspecified atom stereocenters. The predicted octanol–water partition coefficient (Wildman–Crippen LogP) is 2.25. The second-order valence-electron chi connectivity index (χ2n) is 6.46. The van der Waals surface area contributed by atoms with Gasteiger partial charge in [0.15, 0.2) is 5.96 Å². The zero-order valence-electron chi connectivity index (χ0n) is 15.6. The summed E-state index contributed by atoms with van der Waals surface area (Å²) in [4.78, 5) is 20.2. The summed E-state index contributed by atoms with van der Waals surface area (Å²) in [7, 11) is 1.70. The van der Waals surface area contributed by atoms with Gasteiger partial charge in [-0.3, -0.25) is 9.78 Å². The van der Waals surface area contributed by atoms with Gasteiger partial charge in [0.25, 0.3) is 0 Å². The lowest BCUT2D eigenvalue weighted by Gasteiger charge is -2.30. The molecule has 1 heterocycles. The fourth-order valence-corrected chi connectivity index (χ4v) is 2.06. The number of ether oxygens (including phenoxy) is 1. The number of carbonyl (C=O) groups excluding carboxylic acids is 1. The molecule has 0 aromatic carbocycles. The third-order valence-electron chi connectivity index (χ3n) is 3.38. The third-order valence-corrected chi connectivity index (χ3v) is 3.38. The Bertz CT molecular complexity index is 532. The van der Waals surface area contributed by atoms with E-state index in [0.29, 0.717) is 24.7 Å². The third kappa shape index (κ3) is 9.59. The Kier molecular flexibility index (Phi) is 11.3. The van der Waals surface area contributed by atoms with Gasteiger partial charge in [-0.25, -0.2) is 4.99 Å². The van der Waals surface area contributed by atoms with Crippen LogP contribution in [0.4, 0.5) is 5.69 Å². The van der Waals surface area contributed by atoms with Crippen LogP contribution in [0.25, 0.3) is 0 Å². The minimum Gasteiger partial charge on any atom is -0.379 e. The highest BCUT2D eigenvalue weighted by atomic mass is 127. The molecule has 3 N–H and O–H groups in total. The Hall–Kier alpha value is -1.42. The van der Waals surface area contributed by atoms with Gasteiger partial charge in [-0.2, -0.15) is 0 Å². The Morgan fingerprint density at radius 3 is 2.60 bits per heavy atom. The van der Waals surface area contributed by atoms with Crippen LogP contribution in [0, 0.1) is 5.41 Å². The Balaban J connectivity index is 0.00000576. The summed E-state index contributed by atoms with van der Waals surface area (Å²) >= 11 is 0. The lowest BCUT2D eigenvalue weighted by molar-refractivity contribution is -0.114. The van der Waals surface area contributed by atoms with Gasteiger partial charge in [0.2, 0.25) is 5.91 Å². The van der Waals surface area contributed by atoms with E-state index in [9.17, 15) is 4.79 Å². The second-order valence-corrected chi connectivity index (χ2v) is 6.46. The number of carbonyl (C=O) groups is 1. The van der Waals surface area contributed by atoms with Gasteiger partial charge in [-0.1, -0.05) is 20.8 Å². The van der Waals surface area contributed by atoms with Crippen LogP contribution >= 0.6 is 24.0 Å². The number of rotatable bonds is 7. The molecule has 25 heavy (non-hydrogen) atoms. The molecule has 1 amide bonds. The number of halogens is 1. The van der Waals surface area contributed by atoms with Crippen molar-refractivity contribution in [2.75, 3.05) is 32.1 Å². The molecule has 0 aliphatic carbocycles. The number of methoxy groups -OCH3 is 1. The Morgan fingerprint density at radius 1 is 1.36 bits per heavy atom. The fourth-order valence-electron chi connectivity index (χ4n) is 2.06. The van der Waals surface area contributed by atoms with Gasteiger partial charge in [0.05, 0.1) is 18.0 Å². The zero-order valence-corrected chi connectivity index (χ0v) is 18.0. The van der Waals surface area contributed by atoms with Gasteiger partial charge in [0, 0.05) is 26.4 Å². The van der Waals surface area contributed by atoms with Gasteiger partial charge in [-0.05, 0) is 24.5 Å². The number of aliphatic imine (C=N–C) groups is 1. The van der Waals surface area contributed by atoms with E-state index in [1.165, 1.54) is 0 Å². The van der Waals surface area contributed by atoms with Crippen LogP contribution in [0.2, 0.25) is 0 Å². The topological polar surface area (TPSA) is 87.6 Å². The average molecular weight is 463 g/mol. The first-order chi connectivity index (χ1) is 11.4. The molecule has 0 saturated carbocycles. The number of aromatic nitrogens is 1. The number of hydrogen-bond acceptors (Lipinski definition) is 4. The molecule has 0 spiro atoms. The summed E-state index contributed by atoms with van der Waals surface area (Å²) in [5.74, 6) is 0.393. The predicted molar refractivity (Wildman–Crippen MR) is 113 cm³/mol. The van der Waals surface area contributed by atoms with E-state index in [1.54, 1.807) is 31.6 Å². The molecule has 1 aromatic heterocycles. The number of amides is 1. The number of pyridine rings is 1. The highest BCUT2D eigenvalue weighted by Gasteiger charge is 2.24. The molecule has 0 aliphatic heterocycles. The maximum absolute atomic E-state index is 11.9. The average Bonchev–Trinajstić information content (AvgIpc) is 2.52. The van der Waals surface area contributed by atoms with Crippen molar-refractivity contribution in [2.45, 2.75) is 33.8 Å². The molecule has 142 valence electrons. The first kappa shape index (κ1) is 23.6. The van der Waals surface area contributed by atoms with Crippen molar-refractivity contribution in [1.82, 2.24) is 15.6 Å². The Labute approximate surface area is 167 Å². The van der Waals surface area contributed by atoms with Crippen molar-refractivity contribution in [1.29, 1.82) is 0 Å². The molecule has 7 nitrogen and oxygen atoms in total. The molecule has 0 bridgehead atoms. The van der Waals surface area contributed by atoms with Crippen LogP contribution in [0.15, 0.2) is 29.5 Å². The fraction of sp³-hybridized carbons (Fsp3) is 0.588. The van der Waals surface area contributed by atoms with Crippen LogP contribution < -0.4 is 16.0 Å². The Morgan fingerprint density at radius 2 is 2.08 bits per heavy atom. The van der Waals surface area contributed by atoms with E-state index in [4.69, 9.17) is 4.74 Å². The summed E-state index contributed by atoms with van der Waals surface area (Å²) in [6.07, 6.45) is 3.28. The maximum Gasteiger partial charge on any atom is 0.246 e. The molecule has 0 fully saturated rings. The summed E-state index contributed by atoms with van der Waals surface area (Å²) in [6.45, 7) is 9.68. The molecule has 1 aromatic rings. The number of anilines is 1. The number of nitrogens with one attached hydrogen (secondary N) is 3. The second kappa shape index (κ2) is 12.0. The van der Waals surface area contributed by atoms with Crippen molar-refractivity contribution in [3.8, 4) is 0 Å². The molecular weight excluding hydrogens is 433 g/mol. The molecule has 8 heteroatoms. The number of hydrogen-bond donors (Lipinski definition) is 3. The van der Waals surface area contributed by atoms with Crippen LogP contribution in [-0.2, 0) is 9.53 Å². The lowest BCUT2D eigenvalue weighted by atomic mass is 9.89. The number of nitrogens with zero attached hydrogens (tertiary/aromatic N) is 2. The molecule has 1 rings (SSSR count). The molecule has 0 radical (unpaired) electrons. The van der Waals surface area contributed by atoms with E-state index in [2.05, 4.69) is 46.7 Å². The van der Waals surface area contributed by atoms with Crippen molar-refractivity contribution in [2.24, 2.45) is 10.4 Å². The zero-order chi connectivity index (χ0) is 18.0. The molecule has 0 aliphatic rings. The number of guanidine groups is 1. The van der Waals surface area contributed by atoms with Gasteiger partial charge in [-0.15, -0.1) is 24.0 Å². The van der Waals surface area contributed by atoms with E-state index in [0.717, 1.165) is 0 Å². The van der Waals surface area contributed by atoms with Crippen LogP contribution in [-0.4, -0.2) is 49.7 Å². The van der Waals surface area contributed by atoms with E-state index >= 15 is 0 Å². The summed E-state index contributed by atoms with van der Waals surface area (Å²) < 4.78 is 5.52. The minimum absolute atomic E-state index is 0. The first-order valence-electron chi connectivity index (χ1n) is 8.11. The smallest absolute Gasteiger partial charge is 0.246 e. The van der Waals surface area contributed by atoms with Gasteiger partial charge >= 0.3 is 0 Å². The summed E-state index contributed by atoms with van der Waals surface area (Å²) in [6, 6.07) is 3.55. The normalized spacial score (nSPS) is 12.8. The molecule has 1 atom stereocenters. The van der Waals surface area contributed by atoms with Gasteiger partial charge in [0.1, 0.15) is 6.54 Å². The summed E-state index contributed by atoms with van der Waals surface area (Å²) in [5, 5.41) is 9.09. The SMILES string of the molecule is CCNC(=NCC(=O)Nc1cccnc1)NCC(OC)C(C)(C)C.I. The van der Waals surface area contributed by atoms with Crippen LogP contribution in [0.1, 0.15) is 27.7 Å². The maximum atomic E-state index is 11.9. The van der Waals surface area contributed by atoms with Crippen LogP contribution in [0.5, 0.6) is 0 Å². The van der Waals surface area contributed by atoms with Crippen molar-refractivity contribution in [3.63, 3.8) is 0 Å². The minimum atomic E-state index is -0.195. The van der Waals surface area contributed by atoms with Crippen molar-refractivity contribution >= 4 is 41.5 Å². The highest BCUT2D eigenvalue weighted by Crippen LogP contribution is 2.20. The van der Waals surface area contributed by atoms with E-state index in [-0.39, 0.29) is 47.9 Å². The lowest BCUT2D eigenvalue weighted by Crippen LogP contribution is -2.45. The monoisotopic (exact) mass is 463 g/mol. The largest absolute Gasteiger partial charge is 0.379 e. The van der Waals surface area contributed by atoms with Crippen molar-refractivity contribution in [3.05, 3.63) is 24.5 Å². The van der Waals surface area contributed by atoms with Crippen molar-refractivity contribution < 1.29 is 9.53 Å². The van der Waals surface area contributed by atoms with E-state index < -0.39 is 0 Å². The van der Waals surface area contributed by atoms with Gasteiger partial charge < -0.3 is 20.7 Å². The van der Waals surface area contributed by atoms with Crippen LogP contribution in [0.3, 0.4) is 0 Å². The molecular formula is C17H30IN5O2. The van der Waals surface area contributed by atoms with E-state index in [1.807, 2.05) is 6.92 Å². The quantitative estimate of drug-likeness (QED) is 0.328. The first-order valence-corrected chi connectivity index (χ1v) is 8.11. The summed E-state index contributed by atoms with van der Waals surface area (Å²) in [5.41, 5.74) is 0.666.